The SMILES string of the molecule is CC(=O)C(O)(CO)C(O)(C(C)=O)C(C)=O.CCCCCCCCCCCCCCCCCC(=O)O. The zero-order chi connectivity index (χ0) is 27.3. The summed E-state index contributed by atoms with van der Waals surface area (Å²) in [5.41, 5.74) is -5.68. The Kier molecular flexibility index (Phi) is 20.8. The predicted octanol–water partition coefficient (Wildman–Crippen LogP) is 4.54. The molecule has 0 aromatic rings. The van der Waals surface area contributed by atoms with Crippen molar-refractivity contribution in [3.8, 4) is 0 Å². The Hall–Kier alpha value is -1.64. The third-order valence-electron chi connectivity index (χ3n) is 6.42. The second kappa shape index (κ2) is 20.5. The molecule has 0 heterocycles. The molecule has 0 radical (unpaired) electrons. The van der Waals surface area contributed by atoms with Crippen LogP contribution in [0.15, 0.2) is 0 Å². The minimum absolute atomic E-state index is 0.345. The van der Waals surface area contributed by atoms with Gasteiger partial charge in [0.25, 0.3) is 0 Å². The van der Waals surface area contributed by atoms with Crippen molar-refractivity contribution in [2.75, 3.05) is 6.61 Å². The first-order chi connectivity index (χ1) is 16.4. The molecule has 0 rings (SSSR count). The monoisotopic (exact) mass is 502 g/mol. The third-order valence-corrected chi connectivity index (χ3v) is 6.42. The summed E-state index contributed by atoms with van der Waals surface area (Å²) in [5, 5.41) is 36.8. The van der Waals surface area contributed by atoms with Gasteiger partial charge in [0.1, 0.15) is 0 Å². The summed E-state index contributed by atoms with van der Waals surface area (Å²) in [4.78, 5) is 43.7. The first-order valence-electron chi connectivity index (χ1n) is 13.2. The minimum atomic E-state index is -2.90. The molecule has 1 atom stereocenters. The van der Waals surface area contributed by atoms with E-state index < -0.39 is 41.1 Å². The lowest BCUT2D eigenvalue weighted by Crippen LogP contribution is -2.68. The van der Waals surface area contributed by atoms with Crippen LogP contribution in [0.2, 0.25) is 0 Å². The Balaban J connectivity index is 0. The number of carboxylic acids is 1. The summed E-state index contributed by atoms with van der Waals surface area (Å²) in [7, 11) is 0. The van der Waals surface area contributed by atoms with Gasteiger partial charge < -0.3 is 20.4 Å². The number of rotatable bonds is 21. The number of hydrogen-bond acceptors (Lipinski definition) is 7. The predicted molar refractivity (Wildman–Crippen MR) is 136 cm³/mol. The summed E-state index contributed by atoms with van der Waals surface area (Å²) in [5.74, 6) is -3.90. The molecule has 0 spiro atoms. The summed E-state index contributed by atoms with van der Waals surface area (Å²) in [6, 6.07) is 0. The van der Waals surface area contributed by atoms with Gasteiger partial charge in [-0.25, -0.2) is 0 Å². The lowest BCUT2D eigenvalue weighted by atomic mass is 9.75. The molecule has 0 saturated heterocycles. The van der Waals surface area contributed by atoms with E-state index in [9.17, 15) is 29.4 Å². The van der Waals surface area contributed by atoms with Crippen molar-refractivity contribution in [2.45, 2.75) is 142 Å². The maximum Gasteiger partial charge on any atom is 0.303 e. The molecule has 0 saturated carbocycles. The van der Waals surface area contributed by atoms with Crippen LogP contribution in [0.1, 0.15) is 130 Å². The van der Waals surface area contributed by atoms with Gasteiger partial charge in [-0.3, -0.25) is 19.2 Å². The number of ketones is 3. The molecular weight excluding hydrogens is 452 g/mol. The van der Waals surface area contributed by atoms with Gasteiger partial charge in [0.05, 0.1) is 6.61 Å². The highest BCUT2D eigenvalue weighted by molar-refractivity contribution is 6.14. The summed E-state index contributed by atoms with van der Waals surface area (Å²) in [6.45, 7) is 3.63. The van der Waals surface area contributed by atoms with E-state index >= 15 is 0 Å². The van der Waals surface area contributed by atoms with Crippen LogP contribution in [0.4, 0.5) is 0 Å². The highest BCUT2D eigenvalue weighted by atomic mass is 16.4. The van der Waals surface area contributed by atoms with Gasteiger partial charge in [-0.1, -0.05) is 96.8 Å². The Labute approximate surface area is 211 Å². The lowest BCUT2D eigenvalue weighted by Gasteiger charge is -2.36. The molecule has 0 fully saturated rings. The number of Topliss-reactive ketones (excluding diaryl/α,β-unsaturated/α-hetero) is 3. The third kappa shape index (κ3) is 14.5. The highest BCUT2D eigenvalue weighted by Gasteiger charge is 2.59. The van der Waals surface area contributed by atoms with E-state index in [0.717, 1.165) is 33.6 Å². The first-order valence-corrected chi connectivity index (χ1v) is 13.2. The molecule has 0 amide bonds. The summed E-state index contributed by atoms with van der Waals surface area (Å²) >= 11 is 0. The smallest absolute Gasteiger partial charge is 0.303 e. The fourth-order valence-corrected chi connectivity index (χ4v) is 3.96. The number of carboxylic acid groups (broad SMARTS) is 1. The first kappa shape index (κ1) is 35.5. The van der Waals surface area contributed by atoms with Crippen molar-refractivity contribution < 1.29 is 39.6 Å². The van der Waals surface area contributed by atoms with Crippen LogP contribution in [0.5, 0.6) is 0 Å². The number of carbonyl (C=O) groups excluding carboxylic acids is 3. The van der Waals surface area contributed by atoms with Crippen molar-refractivity contribution in [1.29, 1.82) is 0 Å². The molecule has 1 unspecified atom stereocenters. The maximum absolute atomic E-state index is 11.1. The molecular formula is C27H50O8. The molecule has 0 aromatic heterocycles. The van der Waals surface area contributed by atoms with E-state index in [-0.39, 0.29) is 0 Å². The number of unbranched alkanes of at least 4 members (excludes halogenated alkanes) is 14. The largest absolute Gasteiger partial charge is 0.481 e. The van der Waals surface area contributed by atoms with Crippen LogP contribution in [-0.2, 0) is 19.2 Å². The van der Waals surface area contributed by atoms with Gasteiger partial charge in [0, 0.05) is 6.42 Å². The van der Waals surface area contributed by atoms with Crippen molar-refractivity contribution >= 4 is 23.3 Å². The summed E-state index contributed by atoms with van der Waals surface area (Å²) < 4.78 is 0. The van der Waals surface area contributed by atoms with E-state index in [1.165, 1.54) is 83.5 Å². The molecule has 4 N–H and O–H groups in total. The Morgan fingerprint density at radius 2 is 0.886 bits per heavy atom. The topological polar surface area (TPSA) is 149 Å². The molecule has 35 heavy (non-hydrogen) atoms. The van der Waals surface area contributed by atoms with Crippen LogP contribution in [0.3, 0.4) is 0 Å². The van der Waals surface area contributed by atoms with E-state index in [4.69, 9.17) is 10.2 Å². The van der Waals surface area contributed by atoms with Crippen molar-refractivity contribution in [3.05, 3.63) is 0 Å². The second-order valence-corrected chi connectivity index (χ2v) is 9.49. The number of aliphatic carboxylic acids is 1. The molecule has 8 heteroatoms. The van der Waals surface area contributed by atoms with Gasteiger partial charge in [0.2, 0.25) is 5.60 Å². The number of aliphatic hydroxyl groups is 3. The number of hydrogen-bond donors (Lipinski definition) is 4. The average molecular weight is 503 g/mol. The maximum atomic E-state index is 11.1. The molecule has 206 valence electrons. The minimum Gasteiger partial charge on any atom is -0.481 e. The zero-order valence-corrected chi connectivity index (χ0v) is 22.4. The molecule has 0 aliphatic carbocycles. The Morgan fingerprint density at radius 1 is 0.571 bits per heavy atom. The highest BCUT2D eigenvalue weighted by Crippen LogP contribution is 2.26. The van der Waals surface area contributed by atoms with Crippen molar-refractivity contribution in [2.24, 2.45) is 0 Å². The van der Waals surface area contributed by atoms with Crippen molar-refractivity contribution in [1.82, 2.24) is 0 Å². The Bertz CT molecular complexity index is 602. The van der Waals surface area contributed by atoms with E-state index in [0.29, 0.717) is 6.42 Å². The van der Waals surface area contributed by atoms with Crippen LogP contribution in [0, 0.1) is 0 Å². The van der Waals surface area contributed by atoms with Crippen LogP contribution >= 0.6 is 0 Å². The van der Waals surface area contributed by atoms with E-state index in [2.05, 4.69) is 6.92 Å². The van der Waals surface area contributed by atoms with Crippen LogP contribution in [-0.4, -0.2) is 61.6 Å². The fraction of sp³-hybridized carbons (Fsp3) is 0.852. The molecule has 0 aliphatic heterocycles. The number of carbonyl (C=O) groups is 4. The fourth-order valence-electron chi connectivity index (χ4n) is 3.96. The van der Waals surface area contributed by atoms with Gasteiger partial charge in [-0.05, 0) is 27.2 Å². The zero-order valence-electron chi connectivity index (χ0n) is 22.4. The average Bonchev–Trinajstić information content (AvgIpc) is 2.80. The molecule has 0 aromatic carbocycles. The summed E-state index contributed by atoms with van der Waals surface area (Å²) in [6.07, 6.45) is 20.2. The molecule has 8 nitrogen and oxygen atoms in total. The number of aliphatic hydroxyl groups excluding tert-OH is 1. The molecule has 0 bridgehead atoms. The van der Waals surface area contributed by atoms with Gasteiger partial charge >= 0.3 is 5.97 Å². The lowest BCUT2D eigenvalue weighted by molar-refractivity contribution is -0.190. The van der Waals surface area contributed by atoms with Gasteiger partial charge in [0.15, 0.2) is 23.0 Å². The van der Waals surface area contributed by atoms with Gasteiger partial charge in [-0.2, -0.15) is 0 Å². The van der Waals surface area contributed by atoms with Crippen LogP contribution < -0.4 is 0 Å². The Morgan fingerprint density at radius 3 is 1.09 bits per heavy atom. The standard InChI is InChI=1S/C18H36O2.C9H14O6/c1-2-3-4-5-6-7-8-9-10-11-12-13-14-15-16-17-18(19)20;1-5(11)8(14,4-10)9(15,6(2)12)7(3)13/h2-17H2,1H3,(H,19,20);10,14-15H,4H2,1-3H3. The normalized spacial score (nSPS) is 12.9. The van der Waals surface area contributed by atoms with Gasteiger partial charge in [-0.15, -0.1) is 0 Å². The second-order valence-electron chi connectivity index (χ2n) is 9.49. The quantitative estimate of drug-likeness (QED) is 0.132. The van der Waals surface area contributed by atoms with Crippen molar-refractivity contribution in [3.63, 3.8) is 0 Å². The van der Waals surface area contributed by atoms with E-state index in [1.807, 2.05) is 0 Å². The van der Waals surface area contributed by atoms with Crippen LogP contribution in [0.25, 0.3) is 0 Å². The van der Waals surface area contributed by atoms with E-state index in [1.54, 1.807) is 0 Å². The molecule has 0 aliphatic rings.